The summed E-state index contributed by atoms with van der Waals surface area (Å²) in [6, 6.07) is 18.4. The third kappa shape index (κ3) is 3.69. The Balaban J connectivity index is 1.74. The van der Waals surface area contributed by atoms with Crippen LogP contribution in [0.3, 0.4) is 0 Å². The van der Waals surface area contributed by atoms with E-state index in [0.29, 0.717) is 22.6 Å². The number of likely N-dealkylation sites (tertiary alicyclic amines) is 1. The number of amides is 1. The third-order valence-corrected chi connectivity index (χ3v) is 6.18. The smallest absolute Gasteiger partial charge is 0.295 e. The van der Waals surface area contributed by atoms with Gasteiger partial charge in [-0.1, -0.05) is 42.5 Å². The van der Waals surface area contributed by atoms with Gasteiger partial charge in [-0.05, 0) is 42.3 Å². The molecular formula is C27H23N3O5. The van der Waals surface area contributed by atoms with Crippen LogP contribution in [0.5, 0.6) is 11.5 Å². The van der Waals surface area contributed by atoms with Crippen molar-refractivity contribution < 1.29 is 24.5 Å². The van der Waals surface area contributed by atoms with Crippen LogP contribution in [0.25, 0.3) is 11.4 Å². The number of carbonyl (C=O) groups excluding carboxylic acids is 2. The summed E-state index contributed by atoms with van der Waals surface area (Å²) in [5, 5.41) is 21.6. The normalized spacial score (nSPS) is 17.3. The average Bonchev–Trinajstić information content (AvgIpc) is 3.33. The Labute approximate surface area is 201 Å². The number of phenols is 1. The van der Waals surface area contributed by atoms with Gasteiger partial charge in [0.05, 0.1) is 24.4 Å². The predicted octanol–water partition coefficient (Wildman–Crippen LogP) is 3.98. The highest BCUT2D eigenvalue weighted by molar-refractivity contribution is 6.46. The number of carbonyl (C=O) groups is 2. The topological polar surface area (TPSA) is 104 Å². The summed E-state index contributed by atoms with van der Waals surface area (Å²) in [5.74, 6) is -1.71. The molecule has 1 unspecified atom stereocenters. The average molecular weight is 469 g/mol. The van der Waals surface area contributed by atoms with Crippen molar-refractivity contribution >= 4 is 23.1 Å². The van der Waals surface area contributed by atoms with E-state index in [1.54, 1.807) is 41.8 Å². The number of aliphatic hydroxyl groups excluding tert-OH is 1. The van der Waals surface area contributed by atoms with E-state index >= 15 is 0 Å². The molecule has 1 aliphatic rings. The van der Waals surface area contributed by atoms with Crippen LogP contribution in [0.15, 0.2) is 78.5 Å². The number of rotatable bonds is 5. The lowest BCUT2D eigenvalue weighted by Gasteiger charge is -2.26. The van der Waals surface area contributed by atoms with Gasteiger partial charge in [-0.3, -0.25) is 14.0 Å². The summed E-state index contributed by atoms with van der Waals surface area (Å²) in [5.41, 5.74) is 2.76. The fraction of sp³-hybridized carbons (Fsp3) is 0.148. The van der Waals surface area contributed by atoms with Crippen LogP contribution in [-0.2, 0) is 16.1 Å². The third-order valence-electron chi connectivity index (χ3n) is 6.18. The second-order valence-electron chi connectivity index (χ2n) is 8.32. The summed E-state index contributed by atoms with van der Waals surface area (Å²) < 4.78 is 6.95. The van der Waals surface area contributed by atoms with Gasteiger partial charge in [0.1, 0.15) is 11.3 Å². The molecule has 4 aromatic rings. The molecular weight excluding hydrogens is 446 g/mol. The second-order valence-corrected chi connectivity index (χ2v) is 8.32. The number of fused-ring (bicyclic) bond motifs is 1. The number of phenolic OH excluding ortho intramolecular Hbond substituents is 1. The molecule has 1 aliphatic heterocycles. The van der Waals surface area contributed by atoms with Gasteiger partial charge in [-0.25, -0.2) is 4.98 Å². The van der Waals surface area contributed by atoms with Crippen LogP contribution in [0.1, 0.15) is 28.6 Å². The number of pyridine rings is 1. The van der Waals surface area contributed by atoms with Crippen molar-refractivity contribution in [3.05, 3.63) is 101 Å². The lowest BCUT2D eigenvalue weighted by molar-refractivity contribution is -0.140. The molecule has 35 heavy (non-hydrogen) atoms. The Hall–Kier alpha value is -4.59. The van der Waals surface area contributed by atoms with Crippen molar-refractivity contribution in [2.75, 3.05) is 7.11 Å². The van der Waals surface area contributed by atoms with Crippen molar-refractivity contribution in [2.24, 2.45) is 0 Å². The number of nitrogens with zero attached hydrogens (tertiary/aromatic N) is 3. The highest BCUT2D eigenvalue weighted by atomic mass is 16.5. The first-order valence-electron chi connectivity index (χ1n) is 11.0. The zero-order valence-corrected chi connectivity index (χ0v) is 19.2. The number of aliphatic hydroxyl groups is 1. The second kappa shape index (κ2) is 8.64. The molecule has 176 valence electrons. The molecule has 3 heterocycles. The minimum atomic E-state index is -0.904. The van der Waals surface area contributed by atoms with Crippen LogP contribution >= 0.6 is 0 Å². The fourth-order valence-electron chi connectivity index (χ4n) is 4.56. The lowest BCUT2D eigenvalue weighted by atomic mass is 9.95. The number of methoxy groups -OCH3 is 1. The Bertz CT molecular complexity index is 1490. The summed E-state index contributed by atoms with van der Waals surface area (Å²) in [6.45, 7) is 1.89. The molecule has 8 nitrogen and oxygen atoms in total. The van der Waals surface area contributed by atoms with Crippen LogP contribution in [0, 0.1) is 6.92 Å². The number of benzene rings is 2. The Morgan fingerprint density at radius 3 is 2.54 bits per heavy atom. The van der Waals surface area contributed by atoms with Gasteiger partial charge in [0, 0.05) is 12.7 Å². The predicted molar refractivity (Wildman–Crippen MR) is 129 cm³/mol. The number of Topliss-reactive ketones (excluding diaryl/α,β-unsaturated/α-hetero) is 1. The number of aromatic hydroxyl groups is 1. The number of hydrogen-bond donors (Lipinski definition) is 2. The Morgan fingerprint density at radius 2 is 1.80 bits per heavy atom. The van der Waals surface area contributed by atoms with Gasteiger partial charge < -0.3 is 19.8 Å². The van der Waals surface area contributed by atoms with E-state index in [1.165, 1.54) is 18.1 Å². The zero-order valence-electron chi connectivity index (χ0n) is 19.2. The summed E-state index contributed by atoms with van der Waals surface area (Å²) in [7, 11) is 1.42. The van der Waals surface area contributed by atoms with Crippen LogP contribution in [0.4, 0.5) is 0 Å². The van der Waals surface area contributed by atoms with E-state index in [1.807, 2.05) is 36.4 Å². The number of imidazole rings is 1. The largest absolute Gasteiger partial charge is 0.505 e. The SMILES string of the molecule is COc1cc(C2/C(=C(\O)c3c(C)nc4ccccn34)C(=O)C(=O)N2Cc2ccccc2)ccc1O. The monoisotopic (exact) mass is 469 g/mol. The van der Waals surface area contributed by atoms with Crippen molar-refractivity contribution in [3.8, 4) is 11.5 Å². The van der Waals surface area contributed by atoms with Crippen LogP contribution < -0.4 is 4.74 Å². The molecule has 1 saturated heterocycles. The molecule has 1 fully saturated rings. The molecule has 0 bridgehead atoms. The number of hydrogen-bond acceptors (Lipinski definition) is 6. The number of ketones is 1. The molecule has 2 aromatic heterocycles. The molecule has 0 saturated carbocycles. The molecule has 1 amide bonds. The maximum absolute atomic E-state index is 13.4. The molecule has 2 aromatic carbocycles. The first-order valence-corrected chi connectivity index (χ1v) is 11.0. The quantitative estimate of drug-likeness (QED) is 0.260. The van der Waals surface area contributed by atoms with Crippen molar-refractivity contribution in [2.45, 2.75) is 19.5 Å². The first kappa shape index (κ1) is 22.2. The van der Waals surface area contributed by atoms with E-state index in [9.17, 15) is 19.8 Å². The van der Waals surface area contributed by atoms with E-state index < -0.39 is 17.7 Å². The fourth-order valence-corrected chi connectivity index (χ4v) is 4.56. The number of aromatic nitrogens is 2. The molecule has 1 atom stereocenters. The Morgan fingerprint density at radius 1 is 1.06 bits per heavy atom. The molecule has 0 aliphatic carbocycles. The van der Waals surface area contributed by atoms with E-state index in [0.717, 1.165) is 5.56 Å². The van der Waals surface area contributed by atoms with Gasteiger partial charge in [0.25, 0.3) is 11.7 Å². The molecule has 8 heteroatoms. The van der Waals surface area contributed by atoms with Crippen molar-refractivity contribution in [1.29, 1.82) is 0 Å². The van der Waals surface area contributed by atoms with Crippen molar-refractivity contribution in [1.82, 2.24) is 14.3 Å². The maximum atomic E-state index is 13.4. The maximum Gasteiger partial charge on any atom is 0.295 e. The lowest BCUT2D eigenvalue weighted by Crippen LogP contribution is -2.29. The van der Waals surface area contributed by atoms with Crippen LogP contribution in [-0.4, -0.2) is 43.3 Å². The Kier molecular flexibility index (Phi) is 5.49. The number of aryl methyl sites for hydroxylation is 1. The molecule has 0 spiro atoms. The summed E-state index contributed by atoms with van der Waals surface area (Å²) in [4.78, 5) is 32.6. The molecule has 2 N–H and O–H groups in total. The highest BCUT2D eigenvalue weighted by Gasteiger charge is 2.46. The standard InChI is InChI=1S/C27H23N3O5/c1-16-23(29-13-7-6-10-21(29)28-16)25(32)22-24(18-11-12-19(31)20(14-18)35-2)30(27(34)26(22)33)15-17-8-4-3-5-9-17/h3-14,24,31-32H,15H2,1-2H3/b25-22+. The first-order chi connectivity index (χ1) is 16.9. The minimum Gasteiger partial charge on any atom is -0.505 e. The van der Waals surface area contributed by atoms with Gasteiger partial charge in [-0.2, -0.15) is 0 Å². The van der Waals surface area contributed by atoms with Gasteiger partial charge in [-0.15, -0.1) is 0 Å². The van der Waals surface area contributed by atoms with E-state index in [2.05, 4.69) is 4.98 Å². The van der Waals surface area contributed by atoms with Gasteiger partial charge >= 0.3 is 0 Å². The molecule has 5 rings (SSSR count). The summed E-state index contributed by atoms with van der Waals surface area (Å²) in [6.07, 6.45) is 1.74. The van der Waals surface area contributed by atoms with Crippen molar-refractivity contribution in [3.63, 3.8) is 0 Å². The molecule has 0 radical (unpaired) electrons. The van der Waals surface area contributed by atoms with E-state index in [-0.39, 0.29) is 29.4 Å². The number of ether oxygens (including phenoxy) is 1. The van der Waals surface area contributed by atoms with Crippen LogP contribution in [0.2, 0.25) is 0 Å². The van der Waals surface area contributed by atoms with E-state index in [4.69, 9.17) is 4.74 Å². The summed E-state index contributed by atoms with van der Waals surface area (Å²) >= 11 is 0. The van der Waals surface area contributed by atoms with Gasteiger partial charge in [0.15, 0.2) is 17.3 Å². The van der Waals surface area contributed by atoms with Gasteiger partial charge in [0.2, 0.25) is 0 Å². The minimum absolute atomic E-state index is 0.0487. The zero-order chi connectivity index (χ0) is 24.7. The highest BCUT2D eigenvalue weighted by Crippen LogP contribution is 2.42.